The standard InChI is InChI=1S/C26H36N3O3/c1-29(15-7-8-21-18-27-20-28-19-21)16-13-24(14-17-29)32-25(30)26(31,23-11-5-6-12-23)22-9-3-2-4-10-22/h2-4,9-10,18-20,23-24,31H,5-8,11-17H2,1H3/q+1. The van der Waals surface area contributed by atoms with Gasteiger partial charge in [0.1, 0.15) is 12.4 Å². The fourth-order valence-electron chi connectivity index (χ4n) is 5.43. The van der Waals surface area contributed by atoms with Gasteiger partial charge in [0.2, 0.25) is 0 Å². The number of hydrogen-bond acceptors (Lipinski definition) is 5. The van der Waals surface area contributed by atoms with E-state index in [1.54, 1.807) is 6.33 Å². The molecule has 2 fully saturated rings. The number of aliphatic hydroxyl groups is 1. The first kappa shape index (κ1) is 22.9. The van der Waals surface area contributed by atoms with E-state index in [0.717, 1.165) is 75.5 Å². The van der Waals surface area contributed by atoms with Crippen LogP contribution < -0.4 is 0 Å². The molecule has 1 unspecified atom stereocenters. The Morgan fingerprint density at radius 2 is 1.75 bits per heavy atom. The quantitative estimate of drug-likeness (QED) is 0.503. The third kappa shape index (κ3) is 5.18. The summed E-state index contributed by atoms with van der Waals surface area (Å²) in [5.41, 5.74) is 0.304. The Kier molecular flexibility index (Phi) is 7.21. The molecule has 32 heavy (non-hydrogen) atoms. The van der Waals surface area contributed by atoms with Crippen molar-refractivity contribution in [2.75, 3.05) is 26.7 Å². The molecular formula is C26H36N3O3+. The normalized spacial score (nSPS) is 25.9. The first-order chi connectivity index (χ1) is 15.5. The lowest BCUT2D eigenvalue weighted by molar-refractivity contribution is -0.915. The third-order valence-corrected chi connectivity index (χ3v) is 7.50. The van der Waals surface area contributed by atoms with Crippen molar-refractivity contribution < 1.29 is 19.1 Å². The minimum atomic E-state index is -1.54. The predicted octanol–water partition coefficient (Wildman–Crippen LogP) is 3.64. The summed E-state index contributed by atoms with van der Waals surface area (Å²) in [5.74, 6) is -0.523. The fourth-order valence-corrected chi connectivity index (χ4v) is 5.43. The van der Waals surface area contributed by atoms with Gasteiger partial charge in [-0.15, -0.1) is 0 Å². The SMILES string of the molecule is C[N+]1(CCCc2cncnc2)CCC(OC(=O)C(O)(c2ccccc2)C2CCCC2)CC1. The van der Waals surface area contributed by atoms with E-state index < -0.39 is 11.6 Å². The summed E-state index contributed by atoms with van der Waals surface area (Å²) in [5, 5.41) is 11.6. The molecule has 172 valence electrons. The van der Waals surface area contributed by atoms with Gasteiger partial charge in [-0.2, -0.15) is 0 Å². The van der Waals surface area contributed by atoms with Gasteiger partial charge in [0.25, 0.3) is 0 Å². The Balaban J connectivity index is 1.32. The molecule has 6 heteroatoms. The number of benzene rings is 1. The van der Waals surface area contributed by atoms with Gasteiger partial charge >= 0.3 is 5.97 Å². The molecule has 0 radical (unpaired) electrons. The number of quaternary nitrogens is 1. The lowest BCUT2D eigenvalue weighted by Crippen LogP contribution is -2.53. The molecule has 0 spiro atoms. The van der Waals surface area contributed by atoms with Crippen LogP contribution in [0.4, 0.5) is 0 Å². The molecule has 2 aliphatic rings. The van der Waals surface area contributed by atoms with Crippen LogP contribution in [-0.2, 0) is 21.6 Å². The highest BCUT2D eigenvalue weighted by Gasteiger charge is 2.49. The Hall–Kier alpha value is -2.31. The first-order valence-electron chi connectivity index (χ1n) is 12.1. The zero-order chi connectivity index (χ0) is 22.4. The molecule has 1 aromatic heterocycles. The molecule has 1 atom stereocenters. The molecule has 0 amide bonds. The molecule has 1 saturated carbocycles. The molecule has 2 heterocycles. The van der Waals surface area contributed by atoms with Crippen molar-refractivity contribution in [2.24, 2.45) is 5.92 Å². The van der Waals surface area contributed by atoms with Crippen molar-refractivity contribution >= 4 is 5.97 Å². The average Bonchev–Trinajstić information content (AvgIpc) is 3.37. The minimum absolute atomic E-state index is 0.0657. The van der Waals surface area contributed by atoms with Crippen molar-refractivity contribution in [1.82, 2.24) is 9.97 Å². The predicted molar refractivity (Wildman–Crippen MR) is 123 cm³/mol. The lowest BCUT2D eigenvalue weighted by atomic mass is 9.80. The van der Waals surface area contributed by atoms with Crippen LogP contribution in [0.1, 0.15) is 56.1 Å². The van der Waals surface area contributed by atoms with E-state index in [1.807, 2.05) is 42.7 Å². The highest BCUT2D eigenvalue weighted by Crippen LogP contribution is 2.42. The number of carbonyl (C=O) groups is 1. The van der Waals surface area contributed by atoms with Crippen LogP contribution in [0.15, 0.2) is 49.1 Å². The van der Waals surface area contributed by atoms with Gasteiger partial charge in [0.15, 0.2) is 5.60 Å². The van der Waals surface area contributed by atoms with Gasteiger partial charge in [-0.3, -0.25) is 0 Å². The minimum Gasteiger partial charge on any atom is -0.460 e. The molecule has 1 saturated heterocycles. The third-order valence-electron chi connectivity index (χ3n) is 7.50. The maximum absolute atomic E-state index is 13.3. The van der Waals surface area contributed by atoms with Crippen LogP contribution in [-0.4, -0.2) is 58.3 Å². The van der Waals surface area contributed by atoms with Gasteiger partial charge in [0.05, 0.1) is 26.7 Å². The number of aromatic nitrogens is 2. The van der Waals surface area contributed by atoms with Crippen LogP contribution in [0, 0.1) is 5.92 Å². The summed E-state index contributed by atoms with van der Waals surface area (Å²) in [4.78, 5) is 21.5. The second-order valence-corrected chi connectivity index (χ2v) is 9.86. The largest absolute Gasteiger partial charge is 0.460 e. The zero-order valence-corrected chi connectivity index (χ0v) is 19.2. The summed E-state index contributed by atoms with van der Waals surface area (Å²) in [6.45, 7) is 3.05. The van der Waals surface area contributed by atoms with Crippen LogP contribution in [0.3, 0.4) is 0 Å². The summed E-state index contributed by atoms with van der Waals surface area (Å²) in [7, 11) is 2.29. The maximum atomic E-state index is 13.3. The summed E-state index contributed by atoms with van der Waals surface area (Å²) < 4.78 is 6.97. The number of hydrogen-bond donors (Lipinski definition) is 1. The van der Waals surface area contributed by atoms with Crippen LogP contribution in [0.5, 0.6) is 0 Å². The second kappa shape index (κ2) is 10.1. The number of likely N-dealkylation sites (tertiary alicyclic amines) is 1. The molecular weight excluding hydrogens is 402 g/mol. The van der Waals surface area contributed by atoms with Crippen LogP contribution in [0.25, 0.3) is 0 Å². The Morgan fingerprint density at radius 1 is 1.09 bits per heavy atom. The van der Waals surface area contributed by atoms with Crippen molar-refractivity contribution in [2.45, 2.75) is 63.1 Å². The van der Waals surface area contributed by atoms with E-state index in [1.165, 1.54) is 5.56 Å². The summed E-state index contributed by atoms with van der Waals surface area (Å²) >= 11 is 0. The zero-order valence-electron chi connectivity index (χ0n) is 19.2. The summed E-state index contributed by atoms with van der Waals surface area (Å²) in [6, 6.07) is 9.38. The van der Waals surface area contributed by atoms with Gasteiger partial charge in [0, 0.05) is 37.6 Å². The van der Waals surface area contributed by atoms with Crippen molar-refractivity contribution in [3.05, 3.63) is 60.2 Å². The van der Waals surface area contributed by atoms with Crippen molar-refractivity contribution in [3.8, 4) is 0 Å². The van der Waals surface area contributed by atoms with E-state index in [-0.39, 0.29) is 12.0 Å². The number of rotatable bonds is 8. The molecule has 2 aromatic rings. The molecule has 6 nitrogen and oxygen atoms in total. The second-order valence-electron chi connectivity index (χ2n) is 9.86. The number of carbonyl (C=O) groups excluding carboxylic acids is 1. The fraction of sp³-hybridized carbons (Fsp3) is 0.577. The van der Waals surface area contributed by atoms with Crippen LogP contribution in [0.2, 0.25) is 0 Å². The highest BCUT2D eigenvalue weighted by atomic mass is 16.6. The average molecular weight is 439 g/mol. The van der Waals surface area contributed by atoms with Crippen molar-refractivity contribution in [1.29, 1.82) is 0 Å². The van der Waals surface area contributed by atoms with E-state index in [4.69, 9.17) is 4.74 Å². The molecule has 4 rings (SSSR count). The number of nitrogens with zero attached hydrogens (tertiary/aromatic N) is 3. The maximum Gasteiger partial charge on any atom is 0.343 e. The van der Waals surface area contributed by atoms with E-state index >= 15 is 0 Å². The monoisotopic (exact) mass is 438 g/mol. The number of piperidine rings is 1. The smallest absolute Gasteiger partial charge is 0.343 e. The Labute approximate surface area is 191 Å². The number of esters is 1. The Morgan fingerprint density at radius 3 is 2.41 bits per heavy atom. The number of aryl methyl sites for hydroxylation is 1. The lowest BCUT2D eigenvalue weighted by Gasteiger charge is -2.41. The van der Waals surface area contributed by atoms with E-state index in [9.17, 15) is 9.90 Å². The van der Waals surface area contributed by atoms with Crippen molar-refractivity contribution in [3.63, 3.8) is 0 Å². The van der Waals surface area contributed by atoms with E-state index in [0.29, 0.717) is 5.56 Å². The van der Waals surface area contributed by atoms with Crippen LogP contribution >= 0.6 is 0 Å². The van der Waals surface area contributed by atoms with Gasteiger partial charge in [-0.25, -0.2) is 14.8 Å². The Bertz CT molecular complexity index is 862. The molecule has 1 aliphatic heterocycles. The molecule has 1 aromatic carbocycles. The molecule has 0 bridgehead atoms. The van der Waals surface area contributed by atoms with Gasteiger partial charge < -0.3 is 14.3 Å². The molecule has 1 aliphatic carbocycles. The topological polar surface area (TPSA) is 72.3 Å². The first-order valence-corrected chi connectivity index (χ1v) is 12.1. The number of ether oxygens (including phenoxy) is 1. The highest BCUT2D eigenvalue weighted by molar-refractivity contribution is 5.81. The summed E-state index contributed by atoms with van der Waals surface area (Å²) in [6.07, 6.45) is 12.8. The van der Waals surface area contributed by atoms with Gasteiger partial charge in [-0.1, -0.05) is 43.2 Å². The van der Waals surface area contributed by atoms with E-state index in [2.05, 4.69) is 17.0 Å². The molecule has 1 N–H and O–H groups in total. The van der Waals surface area contributed by atoms with Gasteiger partial charge in [-0.05, 0) is 30.4 Å².